The van der Waals surface area contributed by atoms with Crippen LogP contribution < -0.4 is 0 Å². The smallest absolute Gasteiger partial charge is 0.164 e. The standard InChI is InChI=1S/C56H42N4O/c1-3-37(38-17-6-4-7-18-38)33-40-21-10-11-24-45(40)44-31-32-50-53(36(44)2)48-26-12-14-27-49(48)60(50)43-23-16-22-41(34-43)55-57-54(39-19-8-5-9-20-39)58-56(59-55)42-29-30-47-46-25-13-15-28-51(46)61-52(47)35-42/h4-32,34-35,37H,3,33H2,1-2H3. The molecule has 0 amide bonds. The molecule has 11 rings (SSSR count). The Balaban J connectivity index is 1.03. The zero-order chi connectivity index (χ0) is 40.9. The van der Waals surface area contributed by atoms with E-state index in [0.29, 0.717) is 23.4 Å². The molecule has 0 fully saturated rings. The number of furan rings is 1. The summed E-state index contributed by atoms with van der Waals surface area (Å²) in [5, 5.41) is 4.64. The zero-order valence-corrected chi connectivity index (χ0v) is 34.1. The van der Waals surface area contributed by atoms with E-state index in [1.807, 2.05) is 54.6 Å². The normalized spacial score (nSPS) is 12.2. The van der Waals surface area contributed by atoms with Crippen LogP contribution in [0, 0.1) is 6.92 Å². The first-order chi connectivity index (χ1) is 30.1. The van der Waals surface area contributed by atoms with Gasteiger partial charge in [0.2, 0.25) is 0 Å². The average Bonchev–Trinajstić information content (AvgIpc) is 3.87. The number of fused-ring (bicyclic) bond motifs is 6. The molecule has 0 saturated carbocycles. The average molecular weight is 787 g/mol. The summed E-state index contributed by atoms with van der Waals surface area (Å²) in [4.78, 5) is 15.3. The van der Waals surface area contributed by atoms with Gasteiger partial charge >= 0.3 is 0 Å². The second kappa shape index (κ2) is 15.2. The van der Waals surface area contributed by atoms with Gasteiger partial charge in [0.05, 0.1) is 11.0 Å². The summed E-state index contributed by atoms with van der Waals surface area (Å²) in [6.45, 7) is 4.59. The molecule has 1 atom stereocenters. The third-order valence-corrected chi connectivity index (χ3v) is 12.3. The Hall–Kier alpha value is -7.63. The van der Waals surface area contributed by atoms with Crippen molar-refractivity contribution < 1.29 is 4.42 Å². The quantitative estimate of drug-likeness (QED) is 0.146. The molecular formula is C56H42N4O. The third-order valence-electron chi connectivity index (χ3n) is 12.3. The molecule has 0 aliphatic heterocycles. The number of hydrogen-bond acceptors (Lipinski definition) is 4. The van der Waals surface area contributed by atoms with Crippen molar-refractivity contribution in [2.45, 2.75) is 32.6 Å². The van der Waals surface area contributed by atoms with Crippen LogP contribution in [-0.2, 0) is 6.42 Å². The van der Waals surface area contributed by atoms with Gasteiger partial charge in [-0.05, 0) is 96.0 Å². The molecule has 3 aromatic heterocycles. The van der Waals surface area contributed by atoms with Crippen molar-refractivity contribution in [2.24, 2.45) is 0 Å². The van der Waals surface area contributed by atoms with E-state index in [-0.39, 0.29) is 0 Å². The molecule has 0 aliphatic rings. The molecule has 0 N–H and O–H groups in total. The van der Waals surface area contributed by atoms with Crippen LogP contribution in [0.2, 0.25) is 0 Å². The van der Waals surface area contributed by atoms with E-state index in [2.05, 4.69) is 152 Å². The number of para-hydroxylation sites is 2. The summed E-state index contributed by atoms with van der Waals surface area (Å²) >= 11 is 0. The maximum absolute atomic E-state index is 6.28. The Morgan fingerprint density at radius 3 is 1.93 bits per heavy atom. The molecule has 0 spiro atoms. The molecule has 11 aromatic rings. The van der Waals surface area contributed by atoms with Crippen LogP contribution in [0.4, 0.5) is 0 Å². The topological polar surface area (TPSA) is 56.7 Å². The van der Waals surface area contributed by atoms with Gasteiger partial charge in [-0.1, -0.05) is 153 Å². The predicted octanol–water partition coefficient (Wildman–Crippen LogP) is 14.6. The Morgan fingerprint density at radius 2 is 1.13 bits per heavy atom. The lowest BCUT2D eigenvalue weighted by atomic mass is 9.85. The second-order valence-electron chi connectivity index (χ2n) is 15.9. The van der Waals surface area contributed by atoms with Crippen molar-refractivity contribution >= 4 is 43.7 Å². The lowest BCUT2D eigenvalue weighted by molar-refractivity contribution is 0.661. The first-order valence-corrected chi connectivity index (χ1v) is 21.1. The van der Waals surface area contributed by atoms with E-state index in [0.717, 1.165) is 68.2 Å². The highest BCUT2D eigenvalue weighted by atomic mass is 16.3. The maximum Gasteiger partial charge on any atom is 0.164 e. The van der Waals surface area contributed by atoms with Gasteiger partial charge in [-0.15, -0.1) is 0 Å². The van der Waals surface area contributed by atoms with E-state index in [1.165, 1.54) is 38.6 Å². The van der Waals surface area contributed by atoms with Crippen LogP contribution in [0.25, 0.3) is 94.7 Å². The number of aromatic nitrogens is 4. The monoisotopic (exact) mass is 786 g/mol. The molecule has 8 aromatic carbocycles. The van der Waals surface area contributed by atoms with Crippen LogP contribution in [0.5, 0.6) is 0 Å². The zero-order valence-electron chi connectivity index (χ0n) is 34.1. The van der Waals surface area contributed by atoms with Crippen LogP contribution in [0.3, 0.4) is 0 Å². The summed E-state index contributed by atoms with van der Waals surface area (Å²) in [7, 11) is 0. The van der Waals surface area contributed by atoms with E-state index < -0.39 is 0 Å². The van der Waals surface area contributed by atoms with E-state index in [1.54, 1.807) is 0 Å². The summed E-state index contributed by atoms with van der Waals surface area (Å²) in [6.07, 6.45) is 2.07. The fourth-order valence-electron chi connectivity index (χ4n) is 9.25. The first kappa shape index (κ1) is 36.4. The van der Waals surface area contributed by atoms with Crippen molar-refractivity contribution in [3.63, 3.8) is 0 Å². The fraction of sp³-hybridized carbons (Fsp3) is 0.0893. The lowest BCUT2D eigenvalue weighted by Gasteiger charge is -2.19. The third kappa shape index (κ3) is 6.46. The van der Waals surface area contributed by atoms with E-state index in [4.69, 9.17) is 19.4 Å². The number of rotatable bonds is 9. The molecule has 5 nitrogen and oxygen atoms in total. The summed E-state index contributed by atoms with van der Waals surface area (Å²) in [6, 6.07) is 66.3. The van der Waals surface area contributed by atoms with E-state index in [9.17, 15) is 0 Å². The van der Waals surface area contributed by atoms with Crippen molar-refractivity contribution in [1.29, 1.82) is 0 Å². The number of hydrogen-bond donors (Lipinski definition) is 0. The SMILES string of the molecule is CCC(Cc1ccccc1-c1ccc2c(c1C)c1ccccc1n2-c1cccc(-c2nc(-c3ccccc3)nc(-c3ccc4c(c3)oc3ccccc34)n2)c1)c1ccccc1. The molecule has 3 heterocycles. The maximum atomic E-state index is 6.28. The molecule has 5 heteroatoms. The molecule has 0 aliphatic carbocycles. The molecular weight excluding hydrogens is 745 g/mol. The minimum absolute atomic E-state index is 0.449. The number of benzene rings is 8. The van der Waals surface area contributed by atoms with Gasteiger partial charge in [0.25, 0.3) is 0 Å². The fourth-order valence-corrected chi connectivity index (χ4v) is 9.25. The number of aryl methyl sites for hydroxylation is 1. The first-order valence-electron chi connectivity index (χ1n) is 21.1. The molecule has 0 radical (unpaired) electrons. The summed E-state index contributed by atoms with van der Waals surface area (Å²) in [5.74, 6) is 2.26. The van der Waals surface area contributed by atoms with Crippen LogP contribution >= 0.6 is 0 Å². The van der Waals surface area contributed by atoms with Gasteiger partial charge in [-0.25, -0.2) is 15.0 Å². The Labute approximate surface area is 354 Å². The number of nitrogens with zero attached hydrogens (tertiary/aromatic N) is 4. The van der Waals surface area contributed by atoms with Gasteiger partial charge < -0.3 is 8.98 Å². The van der Waals surface area contributed by atoms with Crippen molar-refractivity contribution in [1.82, 2.24) is 19.5 Å². The molecule has 61 heavy (non-hydrogen) atoms. The minimum atomic E-state index is 0.449. The van der Waals surface area contributed by atoms with Gasteiger partial charge in [0, 0.05) is 43.9 Å². The van der Waals surface area contributed by atoms with Crippen molar-refractivity contribution in [2.75, 3.05) is 0 Å². The highest BCUT2D eigenvalue weighted by Gasteiger charge is 2.21. The molecule has 292 valence electrons. The van der Waals surface area contributed by atoms with Gasteiger partial charge in [-0.3, -0.25) is 0 Å². The van der Waals surface area contributed by atoms with Crippen LogP contribution in [0.1, 0.15) is 36.0 Å². The minimum Gasteiger partial charge on any atom is -0.456 e. The van der Waals surface area contributed by atoms with Gasteiger partial charge in [0.15, 0.2) is 17.5 Å². The van der Waals surface area contributed by atoms with Gasteiger partial charge in [-0.2, -0.15) is 0 Å². The van der Waals surface area contributed by atoms with Gasteiger partial charge in [0.1, 0.15) is 11.2 Å². The Kier molecular flexibility index (Phi) is 9.08. The Bertz CT molecular complexity index is 3400. The highest BCUT2D eigenvalue weighted by molar-refractivity contribution is 6.12. The lowest BCUT2D eigenvalue weighted by Crippen LogP contribution is -2.03. The molecule has 0 bridgehead atoms. The van der Waals surface area contributed by atoms with Crippen LogP contribution in [0.15, 0.2) is 192 Å². The Morgan fingerprint density at radius 1 is 0.492 bits per heavy atom. The van der Waals surface area contributed by atoms with E-state index >= 15 is 0 Å². The highest BCUT2D eigenvalue weighted by Crippen LogP contribution is 2.41. The predicted molar refractivity (Wildman–Crippen MR) is 251 cm³/mol. The van der Waals surface area contributed by atoms with Crippen LogP contribution in [-0.4, -0.2) is 19.5 Å². The molecule has 1 unspecified atom stereocenters. The summed E-state index contributed by atoms with van der Waals surface area (Å²) < 4.78 is 8.66. The van der Waals surface area contributed by atoms with Crippen molar-refractivity contribution in [3.8, 4) is 51.0 Å². The van der Waals surface area contributed by atoms with Crippen molar-refractivity contribution in [3.05, 3.63) is 205 Å². The molecule has 0 saturated heterocycles. The summed E-state index contributed by atoms with van der Waals surface area (Å²) in [5.41, 5.74) is 14.3. The largest absolute Gasteiger partial charge is 0.456 e. The second-order valence-corrected chi connectivity index (χ2v) is 15.9.